The number of fused-ring (bicyclic) bond motifs is 3. The van der Waals surface area contributed by atoms with E-state index in [9.17, 15) is 33.9 Å². The van der Waals surface area contributed by atoms with Crippen LogP contribution in [0.5, 0.6) is 0 Å². The first-order valence-corrected chi connectivity index (χ1v) is 16.7. The average molecular weight is 691 g/mol. The molecule has 8 N–H and O–H groups in total. The van der Waals surface area contributed by atoms with Crippen molar-refractivity contribution in [1.82, 2.24) is 26.3 Å². The van der Waals surface area contributed by atoms with E-state index in [4.69, 9.17) is 10.5 Å². The van der Waals surface area contributed by atoms with Gasteiger partial charge in [0, 0.05) is 23.0 Å². The number of ether oxygens (including phenoxy) is 1. The Morgan fingerprint density at radius 1 is 0.920 bits per heavy atom. The number of carboxylic acid groups (broad SMARTS) is 1. The van der Waals surface area contributed by atoms with E-state index in [2.05, 4.69) is 26.3 Å². The third-order valence-corrected chi connectivity index (χ3v) is 9.22. The number of primary amides is 1. The van der Waals surface area contributed by atoms with E-state index in [0.717, 1.165) is 27.7 Å². The lowest BCUT2D eigenvalue weighted by atomic mass is 9.78. The predicted molar refractivity (Wildman–Crippen MR) is 184 cm³/mol. The number of aliphatic carboxylic acids is 1. The fraction of sp³-hybridized carbons (Fsp3) is 0.444. The van der Waals surface area contributed by atoms with Crippen LogP contribution in [0, 0.1) is 11.8 Å². The van der Waals surface area contributed by atoms with Crippen molar-refractivity contribution in [2.45, 2.75) is 90.1 Å². The molecule has 0 saturated heterocycles. The molecular formula is C36H46N6O8. The molecule has 0 radical (unpaired) electrons. The first-order valence-electron chi connectivity index (χ1n) is 16.7. The SMILES string of the molecule is CC[C@H](C)[C@H](NC(=O)OCc1ccccc1)C(=O)N[C@]1(C(=O)N[C@H](C(=O)N[C@@H](CC(N)=O)C(=O)O)C(C)C)CCc2[nH]c3ccccc3c2C1. The van der Waals surface area contributed by atoms with Gasteiger partial charge in [0.15, 0.2) is 0 Å². The van der Waals surface area contributed by atoms with Gasteiger partial charge in [-0.2, -0.15) is 0 Å². The van der Waals surface area contributed by atoms with Gasteiger partial charge in [0.1, 0.15) is 30.3 Å². The number of nitrogens with two attached hydrogens (primary N) is 1. The molecule has 0 bridgehead atoms. The molecule has 1 aliphatic rings. The summed E-state index contributed by atoms with van der Waals surface area (Å²) in [6.07, 6.45) is -0.300. The number of aromatic nitrogens is 1. The van der Waals surface area contributed by atoms with Crippen LogP contribution in [0.25, 0.3) is 10.9 Å². The summed E-state index contributed by atoms with van der Waals surface area (Å²) in [6, 6.07) is 12.8. The predicted octanol–water partition coefficient (Wildman–Crippen LogP) is 2.44. The Hall–Kier alpha value is -5.40. The number of aryl methyl sites for hydroxylation is 1. The van der Waals surface area contributed by atoms with Gasteiger partial charge in [-0.15, -0.1) is 0 Å². The van der Waals surface area contributed by atoms with Gasteiger partial charge in [0.25, 0.3) is 0 Å². The molecule has 14 heteroatoms. The summed E-state index contributed by atoms with van der Waals surface area (Å²) < 4.78 is 5.40. The molecule has 14 nitrogen and oxygen atoms in total. The van der Waals surface area contributed by atoms with Gasteiger partial charge in [-0.1, -0.05) is 82.6 Å². The molecule has 1 aromatic heterocycles. The van der Waals surface area contributed by atoms with Crippen LogP contribution >= 0.6 is 0 Å². The van der Waals surface area contributed by atoms with Gasteiger partial charge in [-0.05, 0) is 41.9 Å². The zero-order valence-electron chi connectivity index (χ0n) is 28.7. The number of nitrogens with one attached hydrogen (secondary N) is 5. The Kier molecular flexibility index (Phi) is 12.2. The van der Waals surface area contributed by atoms with Crippen LogP contribution in [-0.4, -0.2) is 69.4 Å². The minimum Gasteiger partial charge on any atom is -0.480 e. The van der Waals surface area contributed by atoms with Crippen molar-refractivity contribution < 1.29 is 38.6 Å². The molecule has 0 spiro atoms. The smallest absolute Gasteiger partial charge is 0.408 e. The number of para-hydroxylation sites is 1. The Morgan fingerprint density at radius 3 is 2.24 bits per heavy atom. The van der Waals surface area contributed by atoms with Crippen molar-refractivity contribution in [3.63, 3.8) is 0 Å². The van der Waals surface area contributed by atoms with Crippen LogP contribution in [-0.2, 0) is 48.2 Å². The van der Waals surface area contributed by atoms with E-state index < -0.39 is 71.7 Å². The lowest BCUT2D eigenvalue weighted by Crippen LogP contribution is -2.67. The van der Waals surface area contributed by atoms with E-state index in [1.54, 1.807) is 32.9 Å². The molecule has 4 rings (SSSR count). The maximum atomic E-state index is 14.5. The van der Waals surface area contributed by atoms with E-state index >= 15 is 0 Å². The summed E-state index contributed by atoms with van der Waals surface area (Å²) in [5, 5.41) is 21.1. The number of amides is 5. The molecule has 3 aromatic rings. The number of aromatic amines is 1. The number of carboxylic acids is 1. The summed E-state index contributed by atoms with van der Waals surface area (Å²) in [6.45, 7) is 7.01. The molecule has 0 unspecified atom stereocenters. The highest BCUT2D eigenvalue weighted by molar-refractivity contribution is 5.99. The molecule has 1 heterocycles. The zero-order chi connectivity index (χ0) is 36.6. The lowest BCUT2D eigenvalue weighted by molar-refractivity contribution is -0.144. The maximum Gasteiger partial charge on any atom is 0.408 e. The van der Waals surface area contributed by atoms with Crippen molar-refractivity contribution in [3.05, 3.63) is 71.4 Å². The molecule has 50 heavy (non-hydrogen) atoms. The molecule has 0 aliphatic heterocycles. The quantitative estimate of drug-likeness (QED) is 0.125. The number of carbonyl (C=O) groups excluding carboxylic acids is 5. The number of hydrogen-bond acceptors (Lipinski definition) is 7. The van der Waals surface area contributed by atoms with Crippen LogP contribution in [0.2, 0.25) is 0 Å². The van der Waals surface area contributed by atoms with Gasteiger partial charge in [-0.3, -0.25) is 19.2 Å². The summed E-state index contributed by atoms with van der Waals surface area (Å²) in [7, 11) is 0. The summed E-state index contributed by atoms with van der Waals surface area (Å²) >= 11 is 0. The highest BCUT2D eigenvalue weighted by atomic mass is 16.5. The minimum atomic E-state index is -1.60. The van der Waals surface area contributed by atoms with Gasteiger partial charge < -0.3 is 41.8 Å². The number of benzene rings is 2. The van der Waals surface area contributed by atoms with Gasteiger partial charge in [-0.25, -0.2) is 9.59 Å². The number of carbonyl (C=O) groups is 6. The summed E-state index contributed by atoms with van der Waals surface area (Å²) in [5.74, 6) is -5.34. The first kappa shape index (κ1) is 37.4. The largest absolute Gasteiger partial charge is 0.480 e. The van der Waals surface area contributed by atoms with Crippen molar-refractivity contribution in [2.24, 2.45) is 17.6 Å². The van der Waals surface area contributed by atoms with Crippen LogP contribution < -0.4 is 27.0 Å². The number of hydrogen-bond donors (Lipinski definition) is 7. The van der Waals surface area contributed by atoms with Crippen molar-refractivity contribution in [2.75, 3.05) is 0 Å². The monoisotopic (exact) mass is 690 g/mol. The van der Waals surface area contributed by atoms with E-state index in [1.165, 1.54) is 0 Å². The highest BCUT2D eigenvalue weighted by Gasteiger charge is 2.47. The molecule has 0 fully saturated rings. The van der Waals surface area contributed by atoms with Crippen molar-refractivity contribution in [1.29, 1.82) is 0 Å². The molecule has 268 valence electrons. The van der Waals surface area contributed by atoms with E-state index in [1.807, 2.05) is 49.4 Å². The fourth-order valence-electron chi connectivity index (χ4n) is 6.14. The van der Waals surface area contributed by atoms with Crippen molar-refractivity contribution in [3.8, 4) is 0 Å². The molecular weight excluding hydrogens is 644 g/mol. The van der Waals surface area contributed by atoms with E-state index in [-0.39, 0.29) is 25.4 Å². The third-order valence-electron chi connectivity index (χ3n) is 9.22. The van der Waals surface area contributed by atoms with E-state index in [0.29, 0.717) is 12.8 Å². The van der Waals surface area contributed by atoms with Crippen LogP contribution in [0.3, 0.4) is 0 Å². The second kappa shape index (κ2) is 16.3. The molecule has 2 aromatic carbocycles. The molecule has 1 aliphatic carbocycles. The van der Waals surface area contributed by atoms with Gasteiger partial charge in [0.05, 0.1) is 6.42 Å². The summed E-state index contributed by atoms with van der Waals surface area (Å²) in [4.78, 5) is 81.5. The van der Waals surface area contributed by atoms with Gasteiger partial charge in [0.2, 0.25) is 23.6 Å². The zero-order valence-corrected chi connectivity index (χ0v) is 28.7. The number of rotatable bonds is 15. The Balaban J connectivity index is 1.63. The van der Waals surface area contributed by atoms with Gasteiger partial charge >= 0.3 is 12.1 Å². The van der Waals surface area contributed by atoms with Crippen molar-refractivity contribution >= 4 is 46.6 Å². The standard InChI is InChI=1S/C36H46N6O8/c1-5-21(4)30(41-35(49)50-19-22-11-7-6-8-12-22)32(45)42-36(16-15-26-24(18-36)23-13-9-10-14-25(23)38-26)34(48)40-29(20(2)3)31(44)39-27(33(46)47)17-28(37)43/h6-14,20-21,27,29-30,38H,5,15-19H2,1-4H3,(H2,37,43)(H,39,44)(H,40,48)(H,41,49)(H,42,45)(H,46,47)/t21-,27-,29-,30-,36+/m0/s1. The second-order valence-electron chi connectivity index (χ2n) is 13.2. The molecule has 5 amide bonds. The minimum absolute atomic E-state index is 0.00195. The average Bonchev–Trinajstić information content (AvgIpc) is 3.45. The first-order chi connectivity index (χ1) is 23.7. The van der Waals surface area contributed by atoms with Crippen LogP contribution in [0.4, 0.5) is 4.79 Å². The topological polar surface area (TPSA) is 222 Å². The Labute approximate surface area is 290 Å². The lowest BCUT2D eigenvalue weighted by Gasteiger charge is -2.39. The second-order valence-corrected chi connectivity index (χ2v) is 13.2. The highest BCUT2D eigenvalue weighted by Crippen LogP contribution is 2.35. The Morgan fingerprint density at radius 2 is 1.60 bits per heavy atom. The maximum absolute atomic E-state index is 14.5. The van der Waals surface area contributed by atoms with Crippen LogP contribution in [0.1, 0.15) is 63.8 Å². The summed E-state index contributed by atoms with van der Waals surface area (Å²) in [5.41, 5.74) is 7.00. The Bertz CT molecular complexity index is 1720. The fourth-order valence-corrected chi connectivity index (χ4v) is 6.14. The third kappa shape index (κ3) is 8.98. The number of H-pyrrole nitrogens is 1. The molecule has 5 atom stereocenters. The number of alkyl carbamates (subject to hydrolysis) is 1. The normalized spacial score (nSPS) is 17.8. The molecule has 0 saturated carbocycles. The van der Waals surface area contributed by atoms with Crippen LogP contribution in [0.15, 0.2) is 54.6 Å².